The maximum atomic E-state index is 12.9. The molecule has 2 aromatic carbocycles. The monoisotopic (exact) mass is 515 g/mol. The molecular formula is C27H29N7O4. The molecule has 5 rings (SSSR count). The van der Waals surface area contributed by atoms with Crippen molar-refractivity contribution in [2.75, 3.05) is 5.32 Å². The van der Waals surface area contributed by atoms with Crippen molar-refractivity contribution in [2.45, 2.75) is 28.2 Å². The third kappa shape index (κ3) is 5.21. The number of pyridine rings is 1. The molecule has 2 amide bonds. The highest BCUT2D eigenvalue weighted by molar-refractivity contribution is 6.10. The lowest BCUT2D eigenvalue weighted by Gasteiger charge is -2.06. The molecule has 0 aliphatic carbocycles. The molecule has 0 fully saturated rings. The summed E-state index contributed by atoms with van der Waals surface area (Å²) in [5.74, 6) is -0.271. The predicted molar refractivity (Wildman–Crippen MR) is 145 cm³/mol. The average Bonchev–Trinajstić information content (AvgIpc) is 3.45. The Morgan fingerprint density at radius 1 is 1.05 bits per heavy atom. The Morgan fingerprint density at radius 3 is 2.39 bits per heavy atom. The van der Waals surface area contributed by atoms with Crippen molar-refractivity contribution < 1.29 is 14.0 Å². The highest BCUT2D eigenvalue weighted by atomic mass is 16.3. The number of nitrogens with two attached hydrogens (primary N) is 1. The highest BCUT2D eigenvalue weighted by Gasteiger charge is 2.19. The zero-order valence-electron chi connectivity index (χ0n) is 20.7. The van der Waals surface area contributed by atoms with Gasteiger partial charge >= 0.3 is 5.69 Å². The second kappa shape index (κ2) is 11.3. The fourth-order valence-corrected chi connectivity index (χ4v) is 3.72. The first-order valence-corrected chi connectivity index (χ1v) is 11.5. The summed E-state index contributed by atoms with van der Waals surface area (Å²) in [6, 6.07) is 15.0. The highest BCUT2D eigenvalue weighted by Crippen LogP contribution is 2.27. The van der Waals surface area contributed by atoms with Gasteiger partial charge in [-0.05, 0) is 55.5 Å². The van der Waals surface area contributed by atoms with Crippen molar-refractivity contribution in [1.82, 2.24) is 24.3 Å². The largest absolute Gasteiger partial charge is 0.434 e. The zero-order valence-corrected chi connectivity index (χ0v) is 20.7. The molecule has 0 aliphatic heterocycles. The second-order valence-corrected chi connectivity index (χ2v) is 7.76. The first-order valence-electron chi connectivity index (χ1n) is 11.5. The third-order valence-electron chi connectivity index (χ3n) is 5.38. The average molecular weight is 516 g/mol. The fourth-order valence-electron chi connectivity index (χ4n) is 3.72. The molecule has 11 heteroatoms. The minimum Gasteiger partial charge on any atom is -0.434 e. The SMILES string of the molecule is C.CC.Cc1nn(C)c(=O)n1-c1ccc(-c2nc3ccnc(C(=O)Nc4cccc(C(N)=O)c4)c3o2)cc1. The van der Waals surface area contributed by atoms with Crippen LogP contribution in [0.2, 0.25) is 0 Å². The van der Waals surface area contributed by atoms with Crippen molar-refractivity contribution in [1.29, 1.82) is 0 Å². The maximum absolute atomic E-state index is 12.9. The number of hydrogen-bond acceptors (Lipinski definition) is 7. The fraction of sp³-hybridized carbons (Fsp3) is 0.185. The summed E-state index contributed by atoms with van der Waals surface area (Å²) in [6.07, 6.45) is 1.46. The summed E-state index contributed by atoms with van der Waals surface area (Å²) in [5.41, 5.74) is 7.73. The van der Waals surface area contributed by atoms with E-state index in [1.807, 2.05) is 13.8 Å². The van der Waals surface area contributed by atoms with E-state index in [4.69, 9.17) is 10.2 Å². The van der Waals surface area contributed by atoms with Crippen molar-refractivity contribution in [3.63, 3.8) is 0 Å². The van der Waals surface area contributed by atoms with E-state index in [1.165, 1.54) is 21.5 Å². The zero-order chi connectivity index (χ0) is 26.7. The normalized spacial score (nSPS) is 10.3. The summed E-state index contributed by atoms with van der Waals surface area (Å²) in [7, 11) is 1.59. The van der Waals surface area contributed by atoms with Gasteiger partial charge in [0.25, 0.3) is 5.91 Å². The number of primary amides is 1. The molecule has 0 atom stereocenters. The van der Waals surface area contributed by atoms with Gasteiger partial charge in [-0.1, -0.05) is 27.3 Å². The lowest BCUT2D eigenvalue weighted by atomic mass is 10.2. The molecule has 3 heterocycles. The van der Waals surface area contributed by atoms with E-state index in [0.29, 0.717) is 34.2 Å². The Morgan fingerprint density at radius 2 is 1.76 bits per heavy atom. The van der Waals surface area contributed by atoms with Crippen molar-refractivity contribution in [3.8, 4) is 17.1 Å². The molecule has 5 aromatic rings. The van der Waals surface area contributed by atoms with Crippen LogP contribution in [0, 0.1) is 6.92 Å². The van der Waals surface area contributed by atoms with Gasteiger partial charge in [0.05, 0.1) is 5.69 Å². The number of amides is 2. The Labute approximate surface area is 218 Å². The Bertz CT molecular complexity index is 1660. The first-order chi connectivity index (χ1) is 17.8. The van der Waals surface area contributed by atoms with Gasteiger partial charge in [-0.2, -0.15) is 5.10 Å². The van der Waals surface area contributed by atoms with Gasteiger partial charge in [0.1, 0.15) is 11.3 Å². The molecule has 0 radical (unpaired) electrons. The smallest absolute Gasteiger partial charge is 0.350 e. The predicted octanol–water partition coefficient (Wildman–Crippen LogP) is 4.10. The van der Waals surface area contributed by atoms with Crippen molar-refractivity contribution >= 4 is 28.6 Å². The minimum absolute atomic E-state index is 0. The van der Waals surface area contributed by atoms with E-state index in [9.17, 15) is 14.4 Å². The summed E-state index contributed by atoms with van der Waals surface area (Å²) < 4.78 is 8.68. The van der Waals surface area contributed by atoms with E-state index >= 15 is 0 Å². The number of nitrogens with one attached hydrogen (secondary N) is 1. The lowest BCUT2D eigenvalue weighted by molar-refractivity contribution is 0.0995. The number of aryl methyl sites for hydroxylation is 2. The van der Waals surface area contributed by atoms with Crippen LogP contribution in [0.4, 0.5) is 5.69 Å². The molecule has 3 N–H and O–H groups in total. The molecule has 0 saturated heterocycles. The molecule has 196 valence electrons. The van der Waals surface area contributed by atoms with E-state index in [0.717, 1.165) is 0 Å². The summed E-state index contributed by atoms with van der Waals surface area (Å²) in [4.78, 5) is 45.3. The number of fused-ring (bicyclic) bond motifs is 1. The Hall–Kier alpha value is -5.06. The van der Waals surface area contributed by atoms with Crippen LogP contribution in [0.1, 0.15) is 47.9 Å². The molecule has 0 saturated carbocycles. The quantitative estimate of drug-likeness (QED) is 0.358. The number of carbonyl (C=O) groups excluding carboxylic acids is 2. The number of aromatic nitrogens is 5. The maximum Gasteiger partial charge on any atom is 0.350 e. The van der Waals surface area contributed by atoms with Gasteiger partial charge in [-0.25, -0.2) is 24.0 Å². The van der Waals surface area contributed by atoms with E-state index in [-0.39, 0.29) is 30.0 Å². The first kappa shape index (κ1) is 27.5. The van der Waals surface area contributed by atoms with Crippen LogP contribution in [-0.4, -0.2) is 36.1 Å². The summed E-state index contributed by atoms with van der Waals surface area (Å²) in [6.45, 7) is 5.75. The molecule has 3 aromatic heterocycles. The van der Waals surface area contributed by atoms with Gasteiger partial charge in [0.2, 0.25) is 11.8 Å². The molecule has 38 heavy (non-hydrogen) atoms. The summed E-state index contributed by atoms with van der Waals surface area (Å²) in [5, 5.41) is 6.83. The number of hydrogen-bond donors (Lipinski definition) is 2. The summed E-state index contributed by atoms with van der Waals surface area (Å²) >= 11 is 0. The lowest BCUT2D eigenvalue weighted by Crippen LogP contribution is -2.21. The number of oxazole rings is 1. The number of rotatable bonds is 5. The van der Waals surface area contributed by atoms with Gasteiger partial charge in [0, 0.05) is 30.1 Å². The van der Waals surface area contributed by atoms with Crippen molar-refractivity contribution in [3.05, 3.63) is 88.4 Å². The number of benzene rings is 2. The number of anilines is 1. The van der Waals surface area contributed by atoms with Crippen LogP contribution in [-0.2, 0) is 7.05 Å². The standard InChI is InChI=1S/C24H19N7O4.C2H6.CH4/c1-13-29-30(2)24(34)31(13)17-8-6-14(7-9-17)23-28-18-10-11-26-19(20(18)35-23)22(33)27-16-5-3-4-15(12-16)21(25)32;1-2;/h3-12H,1-2H3,(H2,25,32)(H,27,33);1-2H3;1H4. The van der Waals surface area contributed by atoms with Crippen LogP contribution in [0.15, 0.2) is 70.0 Å². The Balaban J connectivity index is 0.00000130. The van der Waals surface area contributed by atoms with Gasteiger partial charge in [0.15, 0.2) is 11.3 Å². The molecule has 0 unspecified atom stereocenters. The molecule has 0 aliphatic rings. The molecule has 0 spiro atoms. The molecular weight excluding hydrogens is 486 g/mol. The van der Waals surface area contributed by atoms with Crippen LogP contribution in [0.25, 0.3) is 28.2 Å². The van der Waals surface area contributed by atoms with E-state index in [2.05, 4.69) is 20.4 Å². The van der Waals surface area contributed by atoms with Crippen molar-refractivity contribution in [2.24, 2.45) is 12.8 Å². The van der Waals surface area contributed by atoms with Gasteiger partial charge < -0.3 is 15.5 Å². The van der Waals surface area contributed by atoms with Gasteiger partial charge in [-0.3, -0.25) is 9.59 Å². The van der Waals surface area contributed by atoms with Gasteiger partial charge in [-0.15, -0.1) is 0 Å². The molecule has 11 nitrogen and oxygen atoms in total. The minimum atomic E-state index is -0.601. The van der Waals surface area contributed by atoms with Crippen LogP contribution >= 0.6 is 0 Å². The van der Waals surface area contributed by atoms with Crippen LogP contribution < -0.4 is 16.7 Å². The number of nitrogens with zero attached hydrogens (tertiary/aromatic N) is 5. The Kier molecular flexibility index (Phi) is 8.21. The van der Waals surface area contributed by atoms with E-state index in [1.54, 1.807) is 62.5 Å². The van der Waals surface area contributed by atoms with E-state index < -0.39 is 11.8 Å². The van der Waals surface area contributed by atoms with Crippen LogP contribution in [0.3, 0.4) is 0 Å². The topological polar surface area (TPSA) is 151 Å². The van der Waals surface area contributed by atoms with Crippen LogP contribution in [0.5, 0.6) is 0 Å². The third-order valence-corrected chi connectivity index (χ3v) is 5.38. The molecule has 0 bridgehead atoms. The number of carbonyl (C=O) groups is 2. The second-order valence-electron chi connectivity index (χ2n) is 7.76.